The van der Waals surface area contributed by atoms with E-state index in [1.54, 1.807) is 6.92 Å². The Balaban J connectivity index is 2.43. The van der Waals surface area contributed by atoms with Crippen LogP contribution in [0.15, 0.2) is 29.2 Å². The van der Waals surface area contributed by atoms with E-state index in [0.717, 1.165) is 17.8 Å². The van der Waals surface area contributed by atoms with E-state index in [9.17, 15) is 18.0 Å². The van der Waals surface area contributed by atoms with Crippen LogP contribution < -0.4 is 0 Å². The molecule has 2 rings (SSSR count). The Hall–Kier alpha value is -1.34. The molecular formula is C13H10F3NOS2. The van der Waals surface area contributed by atoms with E-state index < -0.39 is 11.7 Å². The zero-order valence-electron chi connectivity index (χ0n) is 10.4. The Labute approximate surface area is 123 Å². The quantitative estimate of drug-likeness (QED) is 0.609. The first-order valence-electron chi connectivity index (χ1n) is 5.76. The Morgan fingerprint density at radius 2 is 2.00 bits per heavy atom. The van der Waals surface area contributed by atoms with Gasteiger partial charge in [0, 0.05) is 6.54 Å². The number of nitrogens with zero attached hydrogens (tertiary/aromatic N) is 1. The topological polar surface area (TPSA) is 20.3 Å². The third-order valence-electron chi connectivity index (χ3n) is 2.74. The lowest BCUT2D eigenvalue weighted by Gasteiger charge is -2.11. The number of carbonyl (C=O) groups excluding carboxylic acids is 1. The summed E-state index contributed by atoms with van der Waals surface area (Å²) in [5, 5.41) is 0. The monoisotopic (exact) mass is 317 g/mol. The SMILES string of the molecule is CCN1C(=O)/C(=C/c2ccccc2C(F)(F)F)SC1=S. The number of benzene rings is 1. The Bertz CT molecular complexity index is 596. The molecule has 0 saturated carbocycles. The van der Waals surface area contributed by atoms with Crippen LogP contribution in [0, 0.1) is 0 Å². The molecule has 1 fully saturated rings. The van der Waals surface area contributed by atoms with Gasteiger partial charge in [0.1, 0.15) is 4.32 Å². The smallest absolute Gasteiger partial charge is 0.293 e. The summed E-state index contributed by atoms with van der Waals surface area (Å²) in [6.45, 7) is 2.17. The second kappa shape index (κ2) is 5.57. The number of rotatable bonds is 2. The van der Waals surface area contributed by atoms with Gasteiger partial charge in [-0.2, -0.15) is 13.2 Å². The molecular weight excluding hydrogens is 307 g/mol. The molecule has 0 spiro atoms. The molecule has 1 aromatic rings. The van der Waals surface area contributed by atoms with E-state index in [0.29, 0.717) is 10.9 Å². The van der Waals surface area contributed by atoms with Gasteiger partial charge in [-0.1, -0.05) is 42.2 Å². The molecule has 0 aromatic heterocycles. The summed E-state index contributed by atoms with van der Waals surface area (Å²) in [6.07, 6.45) is -3.21. The summed E-state index contributed by atoms with van der Waals surface area (Å²) in [5.74, 6) is -0.348. The molecule has 1 aromatic carbocycles. The number of hydrogen-bond donors (Lipinski definition) is 0. The summed E-state index contributed by atoms with van der Waals surface area (Å²) >= 11 is 6.04. The van der Waals surface area contributed by atoms with Gasteiger partial charge in [-0.05, 0) is 24.6 Å². The number of thioether (sulfide) groups is 1. The van der Waals surface area contributed by atoms with Crippen molar-refractivity contribution in [2.24, 2.45) is 0 Å². The number of alkyl halides is 3. The van der Waals surface area contributed by atoms with Gasteiger partial charge < -0.3 is 0 Å². The van der Waals surface area contributed by atoms with Crippen molar-refractivity contribution in [2.75, 3.05) is 6.54 Å². The molecule has 0 unspecified atom stereocenters. The maximum absolute atomic E-state index is 12.9. The fraction of sp³-hybridized carbons (Fsp3) is 0.231. The molecule has 0 aliphatic carbocycles. The first-order valence-corrected chi connectivity index (χ1v) is 6.98. The van der Waals surface area contributed by atoms with Gasteiger partial charge >= 0.3 is 6.18 Å². The second-order valence-corrected chi connectivity index (χ2v) is 5.69. The molecule has 1 saturated heterocycles. The van der Waals surface area contributed by atoms with Crippen molar-refractivity contribution in [1.82, 2.24) is 4.90 Å². The van der Waals surface area contributed by atoms with Crippen molar-refractivity contribution in [3.8, 4) is 0 Å². The van der Waals surface area contributed by atoms with Crippen LogP contribution in [0.5, 0.6) is 0 Å². The highest BCUT2D eigenvalue weighted by atomic mass is 32.2. The molecule has 0 atom stereocenters. The number of halogens is 3. The molecule has 0 N–H and O–H groups in total. The van der Waals surface area contributed by atoms with Crippen LogP contribution >= 0.6 is 24.0 Å². The standard InChI is InChI=1S/C13H10F3NOS2/c1-2-17-11(18)10(20-12(17)19)7-8-5-3-4-6-9(8)13(14,15)16/h3-7H,2H2,1H3/b10-7-. The van der Waals surface area contributed by atoms with Gasteiger partial charge in [-0.3, -0.25) is 9.69 Å². The predicted molar refractivity (Wildman–Crippen MR) is 77.0 cm³/mol. The maximum atomic E-state index is 12.9. The van der Waals surface area contributed by atoms with Crippen LogP contribution in [-0.2, 0) is 11.0 Å². The number of amides is 1. The van der Waals surface area contributed by atoms with E-state index in [1.807, 2.05) is 0 Å². The first kappa shape index (κ1) is 15.1. The summed E-state index contributed by atoms with van der Waals surface area (Å²) < 4.78 is 39.0. The van der Waals surface area contributed by atoms with Crippen LogP contribution in [0.3, 0.4) is 0 Å². The summed E-state index contributed by atoms with van der Waals surface area (Å²) in [6, 6.07) is 5.15. The molecule has 1 heterocycles. The minimum absolute atomic E-state index is 0.0309. The minimum atomic E-state index is -4.45. The summed E-state index contributed by atoms with van der Waals surface area (Å²) in [4.78, 5) is 13.6. The fourth-order valence-electron chi connectivity index (χ4n) is 1.79. The molecule has 1 aliphatic rings. The van der Waals surface area contributed by atoms with Crippen LogP contribution in [-0.4, -0.2) is 21.7 Å². The van der Waals surface area contributed by atoms with Crippen LogP contribution in [0.25, 0.3) is 6.08 Å². The van der Waals surface area contributed by atoms with Crippen LogP contribution in [0.1, 0.15) is 18.1 Å². The lowest BCUT2D eigenvalue weighted by atomic mass is 10.1. The summed E-state index contributed by atoms with van der Waals surface area (Å²) in [7, 11) is 0. The predicted octanol–water partition coefficient (Wildman–Crippen LogP) is 3.93. The largest absolute Gasteiger partial charge is 0.416 e. The van der Waals surface area contributed by atoms with Crippen molar-refractivity contribution in [2.45, 2.75) is 13.1 Å². The van der Waals surface area contributed by atoms with Crippen LogP contribution in [0.2, 0.25) is 0 Å². The number of thiocarbonyl (C=S) groups is 1. The Kier molecular flexibility index (Phi) is 4.19. The molecule has 2 nitrogen and oxygen atoms in total. The molecule has 20 heavy (non-hydrogen) atoms. The highest BCUT2D eigenvalue weighted by Gasteiger charge is 2.34. The van der Waals surface area contributed by atoms with Gasteiger partial charge in [-0.15, -0.1) is 0 Å². The third-order valence-corrected chi connectivity index (χ3v) is 4.12. The van der Waals surface area contributed by atoms with E-state index >= 15 is 0 Å². The van der Waals surface area contributed by atoms with Crippen molar-refractivity contribution in [1.29, 1.82) is 0 Å². The highest BCUT2D eigenvalue weighted by Crippen LogP contribution is 2.36. The molecule has 0 radical (unpaired) electrons. The van der Waals surface area contributed by atoms with E-state index in [2.05, 4.69) is 0 Å². The number of likely N-dealkylation sites (N-methyl/N-ethyl adjacent to an activating group) is 1. The number of carbonyl (C=O) groups is 1. The molecule has 1 aliphatic heterocycles. The molecule has 0 bridgehead atoms. The van der Waals surface area contributed by atoms with Crippen molar-refractivity contribution in [3.63, 3.8) is 0 Å². The Morgan fingerprint density at radius 3 is 2.55 bits per heavy atom. The van der Waals surface area contributed by atoms with Gasteiger partial charge in [0.25, 0.3) is 5.91 Å². The second-order valence-electron chi connectivity index (χ2n) is 4.01. The van der Waals surface area contributed by atoms with Crippen molar-refractivity contribution >= 4 is 40.3 Å². The average molecular weight is 317 g/mol. The van der Waals surface area contributed by atoms with E-state index in [-0.39, 0.29) is 16.4 Å². The lowest BCUT2D eigenvalue weighted by molar-refractivity contribution is -0.137. The average Bonchev–Trinajstić information content (AvgIpc) is 2.63. The summed E-state index contributed by atoms with van der Waals surface area (Å²) in [5.41, 5.74) is -0.793. The Morgan fingerprint density at radius 1 is 1.35 bits per heavy atom. The minimum Gasteiger partial charge on any atom is -0.293 e. The first-order chi connectivity index (χ1) is 9.34. The number of hydrogen-bond acceptors (Lipinski definition) is 3. The van der Waals surface area contributed by atoms with Crippen molar-refractivity contribution < 1.29 is 18.0 Å². The van der Waals surface area contributed by atoms with E-state index in [4.69, 9.17) is 12.2 Å². The molecule has 1 amide bonds. The lowest BCUT2D eigenvalue weighted by Crippen LogP contribution is -2.27. The van der Waals surface area contributed by atoms with Gasteiger partial charge in [0.15, 0.2) is 0 Å². The van der Waals surface area contributed by atoms with Gasteiger partial charge in [0.2, 0.25) is 0 Å². The zero-order chi connectivity index (χ0) is 14.9. The van der Waals surface area contributed by atoms with Gasteiger partial charge in [0.05, 0.1) is 10.5 Å². The van der Waals surface area contributed by atoms with Gasteiger partial charge in [-0.25, -0.2) is 0 Å². The van der Waals surface area contributed by atoms with E-state index in [1.165, 1.54) is 29.2 Å². The molecule has 106 valence electrons. The van der Waals surface area contributed by atoms with Crippen LogP contribution in [0.4, 0.5) is 13.2 Å². The van der Waals surface area contributed by atoms with Crippen molar-refractivity contribution in [3.05, 3.63) is 40.3 Å². The third kappa shape index (κ3) is 2.88. The molecule has 7 heteroatoms. The maximum Gasteiger partial charge on any atom is 0.416 e. The fourth-order valence-corrected chi connectivity index (χ4v) is 3.17. The zero-order valence-corrected chi connectivity index (χ0v) is 12.0. The normalized spacial score (nSPS) is 18.2. The highest BCUT2D eigenvalue weighted by molar-refractivity contribution is 8.26.